The zero-order valence-corrected chi connectivity index (χ0v) is 20.2. The lowest BCUT2D eigenvalue weighted by molar-refractivity contribution is -0.143. The Labute approximate surface area is 208 Å². The van der Waals surface area contributed by atoms with Crippen molar-refractivity contribution in [1.82, 2.24) is 10.3 Å². The average Bonchev–Trinajstić information content (AvgIpc) is 3.24. The van der Waals surface area contributed by atoms with Gasteiger partial charge in [-0.25, -0.2) is 22.2 Å². The highest BCUT2D eigenvalue weighted by molar-refractivity contribution is 7.92. The third kappa shape index (κ3) is 6.94. The van der Waals surface area contributed by atoms with Crippen LogP contribution in [0.25, 0.3) is 10.6 Å². The number of nitrogens with one attached hydrogen (secondary N) is 2. The van der Waals surface area contributed by atoms with E-state index in [-0.39, 0.29) is 21.5 Å². The maximum Gasteiger partial charge on any atom is 0.416 e. The number of nitrogens with zero attached hydrogens (tertiary/aromatic N) is 1. The first-order valence-corrected chi connectivity index (χ1v) is 12.6. The molecule has 0 saturated carbocycles. The Bertz CT molecular complexity index is 1390. The van der Waals surface area contributed by atoms with Gasteiger partial charge in [0.2, 0.25) is 10.0 Å². The topological polar surface area (TPSA) is 88.2 Å². The number of alkyl halides is 6. The third-order valence-electron chi connectivity index (χ3n) is 4.76. The molecule has 1 amide bonds. The summed E-state index contributed by atoms with van der Waals surface area (Å²) in [5.74, 6) is -3.39. The van der Waals surface area contributed by atoms with Crippen LogP contribution in [-0.2, 0) is 22.4 Å². The molecule has 0 aliphatic carbocycles. The molecule has 0 bridgehead atoms. The monoisotopic (exact) mass is 573 g/mol. The van der Waals surface area contributed by atoms with Crippen molar-refractivity contribution >= 4 is 33.0 Å². The van der Waals surface area contributed by atoms with E-state index in [4.69, 9.17) is 0 Å². The fourth-order valence-electron chi connectivity index (χ4n) is 3.07. The van der Waals surface area contributed by atoms with Gasteiger partial charge in [-0.3, -0.25) is 9.52 Å². The van der Waals surface area contributed by atoms with Gasteiger partial charge in [0.15, 0.2) is 11.6 Å². The maximum atomic E-state index is 14.2. The van der Waals surface area contributed by atoms with Gasteiger partial charge < -0.3 is 5.32 Å². The normalized spacial score (nSPS) is 13.4. The van der Waals surface area contributed by atoms with Crippen molar-refractivity contribution < 1.29 is 48.3 Å². The molecule has 16 heteroatoms. The number of thiazole rings is 1. The van der Waals surface area contributed by atoms with Gasteiger partial charge in [-0.1, -0.05) is 0 Å². The van der Waals surface area contributed by atoms with Crippen LogP contribution in [0.15, 0.2) is 36.5 Å². The molecule has 0 spiro atoms. The quantitative estimate of drug-likeness (QED) is 0.355. The van der Waals surface area contributed by atoms with E-state index < -0.39 is 68.3 Å². The van der Waals surface area contributed by atoms with Crippen LogP contribution in [0.3, 0.4) is 0 Å². The minimum absolute atomic E-state index is 0.0403. The number of sulfonamides is 1. The molecule has 1 heterocycles. The minimum atomic E-state index is -5.07. The molecule has 2 aromatic carbocycles. The molecule has 37 heavy (non-hydrogen) atoms. The molecule has 1 atom stereocenters. The van der Waals surface area contributed by atoms with Gasteiger partial charge in [-0.05, 0) is 42.8 Å². The molecule has 0 unspecified atom stereocenters. The van der Waals surface area contributed by atoms with Crippen LogP contribution < -0.4 is 10.0 Å². The Morgan fingerprint density at radius 3 is 1.92 bits per heavy atom. The highest BCUT2D eigenvalue weighted by Crippen LogP contribution is 2.39. The summed E-state index contributed by atoms with van der Waals surface area (Å²) >= 11 is 0.502. The van der Waals surface area contributed by atoms with Gasteiger partial charge in [0, 0.05) is 5.56 Å². The van der Waals surface area contributed by atoms with Crippen molar-refractivity contribution in [2.45, 2.75) is 25.3 Å². The number of anilines is 1. The predicted octanol–water partition coefficient (Wildman–Crippen LogP) is 5.99. The van der Waals surface area contributed by atoms with Crippen LogP contribution >= 0.6 is 11.3 Å². The van der Waals surface area contributed by atoms with E-state index in [0.717, 1.165) is 18.3 Å². The summed E-state index contributed by atoms with van der Waals surface area (Å²) in [6.45, 7) is 1.33. The van der Waals surface area contributed by atoms with E-state index in [1.54, 1.807) is 4.72 Å². The first kappa shape index (κ1) is 28.3. The molecular formula is C21H15F8N3O3S2. The molecule has 0 radical (unpaired) electrons. The maximum absolute atomic E-state index is 14.2. The zero-order valence-electron chi connectivity index (χ0n) is 18.6. The van der Waals surface area contributed by atoms with Crippen molar-refractivity contribution in [3.8, 4) is 10.6 Å². The molecule has 0 fully saturated rings. The highest BCUT2D eigenvalue weighted by Gasteiger charge is 2.37. The van der Waals surface area contributed by atoms with Crippen molar-refractivity contribution in [3.63, 3.8) is 0 Å². The molecule has 6 nitrogen and oxygen atoms in total. The van der Waals surface area contributed by atoms with Gasteiger partial charge in [-0.15, -0.1) is 11.3 Å². The zero-order chi connectivity index (χ0) is 27.9. The number of carbonyl (C=O) groups is 1. The van der Waals surface area contributed by atoms with Crippen LogP contribution in [0.1, 0.15) is 39.3 Å². The fraction of sp³-hybridized carbons (Fsp3) is 0.238. The van der Waals surface area contributed by atoms with Crippen LogP contribution in [0.2, 0.25) is 0 Å². The second-order valence-electron chi connectivity index (χ2n) is 7.75. The van der Waals surface area contributed by atoms with Crippen molar-refractivity contribution in [3.05, 3.63) is 69.7 Å². The van der Waals surface area contributed by atoms with E-state index in [9.17, 15) is 48.3 Å². The van der Waals surface area contributed by atoms with Crippen LogP contribution in [0.5, 0.6) is 0 Å². The van der Waals surface area contributed by atoms with Gasteiger partial charge in [-0.2, -0.15) is 26.3 Å². The average molecular weight is 573 g/mol. The van der Waals surface area contributed by atoms with Crippen molar-refractivity contribution in [2.75, 3.05) is 11.0 Å². The SMILES string of the molecule is C[C@@H](NC(=O)c1cnc(-c2cc(C(F)(F)F)cc(C(F)(F)F)c2)s1)c1cc(F)c(NS(C)(=O)=O)c(F)c1. The van der Waals surface area contributed by atoms with E-state index >= 15 is 0 Å². The summed E-state index contributed by atoms with van der Waals surface area (Å²) < 4.78 is 131. The molecule has 1 aromatic heterocycles. The summed E-state index contributed by atoms with van der Waals surface area (Å²) in [4.78, 5) is 16.1. The molecule has 3 rings (SSSR count). The van der Waals surface area contributed by atoms with E-state index in [2.05, 4.69) is 10.3 Å². The largest absolute Gasteiger partial charge is 0.416 e. The number of hydrogen-bond donors (Lipinski definition) is 2. The van der Waals surface area contributed by atoms with Crippen LogP contribution in [0, 0.1) is 11.6 Å². The lowest BCUT2D eigenvalue weighted by Crippen LogP contribution is -2.26. The number of halogens is 8. The number of aromatic nitrogens is 1. The van der Waals surface area contributed by atoms with Crippen LogP contribution in [-0.4, -0.2) is 25.6 Å². The van der Waals surface area contributed by atoms with E-state index in [1.807, 2.05) is 0 Å². The lowest BCUT2D eigenvalue weighted by atomic mass is 10.1. The minimum Gasteiger partial charge on any atom is -0.345 e. The summed E-state index contributed by atoms with van der Waals surface area (Å²) in [5, 5.41) is 2.07. The Hall–Kier alpha value is -3.27. The number of hydrogen-bond acceptors (Lipinski definition) is 5. The smallest absolute Gasteiger partial charge is 0.345 e. The van der Waals surface area contributed by atoms with Gasteiger partial charge in [0.25, 0.3) is 5.91 Å². The summed E-state index contributed by atoms with van der Waals surface area (Å²) in [6.07, 6.45) is -8.52. The summed E-state index contributed by atoms with van der Waals surface area (Å²) in [6, 6.07) is 1.41. The van der Waals surface area contributed by atoms with E-state index in [1.165, 1.54) is 6.92 Å². The Balaban J connectivity index is 1.86. The number of carbonyl (C=O) groups excluding carboxylic acids is 1. The van der Waals surface area contributed by atoms with Gasteiger partial charge in [0.05, 0.1) is 29.6 Å². The molecular weight excluding hydrogens is 558 g/mol. The Morgan fingerprint density at radius 1 is 0.946 bits per heavy atom. The standard InChI is InChI=1S/C21H15F8N3O3S2/c1-9(10-5-14(22)17(15(23)6-10)32-37(2,34)35)31-18(33)16-8-30-19(36-16)11-3-12(20(24,25)26)7-13(4-11)21(27,28)29/h3-9,32H,1-2H3,(H,31,33)/t9-/m1/s1. The molecule has 200 valence electrons. The van der Waals surface area contributed by atoms with Gasteiger partial charge in [0.1, 0.15) is 15.6 Å². The number of rotatable bonds is 6. The summed E-state index contributed by atoms with van der Waals surface area (Å²) in [5.41, 5.74) is -4.64. The molecule has 0 saturated heterocycles. The third-order valence-corrected chi connectivity index (χ3v) is 6.38. The molecule has 0 aliphatic heterocycles. The first-order valence-electron chi connectivity index (χ1n) is 9.88. The van der Waals surface area contributed by atoms with Crippen molar-refractivity contribution in [1.29, 1.82) is 0 Å². The first-order chi connectivity index (χ1) is 16.8. The Morgan fingerprint density at radius 2 is 1.46 bits per heavy atom. The summed E-state index contributed by atoms with van der Waals surface area (Å²) in [7, 11) is -3.98. The van der Waals surface area contributed by atoms with Gasteiger partial charge >= 0.3 is 12.4 Å². The second-order valence-corrected chi connectivity index (χ2v) is 10.5. The number of amides is 1. The highest BCUT2D eigenvalue weighted by atomic mass is 32.2. The predicted molar refractivity (Wildman–Crippen MR) is 118 cm³/mol. The fourth-order valence-corrected chi connectivity index (χ4v) is 4.44. The second kappa shape index (κ2) is 9.89. The lowest BCUT2D eigenvalue weighted by Gasteiger charge is -2.16. The molecule has 2 N–H and O–H groups in total. The van der Waals surface area contributed by atoms with Crippen molar-refractivity contribution in [2.24, 2.45) is 0 Å². The number of benzene rings is 2. The molecule has 3 aromatic rings. The molecule has 0 aliphatic rings. The van der Waals surface area contributed by atoms with Crippen LogP contribution in [0.4, 0.5) is 40.8 Å². The Kier molecular flexibility index (Phi) is 7.56. The van der Waals surface area contributed by atoms with E-state index in [0.29, 0.717) is 29.7 Å².